The number of hydrogen-bond donors (Lipinski definition) is 0. The fraction of sp³-hybridized carbons (Fsp3) is 0.412. The second kappa shape index (κ2) is 11.7. The van der Waals surface area contributed by atoms with Crippen molar-refractivity contribution in [3.8, 4) is 10.7 Å². The molecule has 0 radical (unpaired) electrons. The van der Waals surface area contributed by atoms with Crippen molar-refractivity contribution in [3.05, 3.63) is 42.3 Å². The molecule has 0 N–H and O–H groups in total. The summed E-state index contributed by atoms with van der Waals surface area (Å²) < 4.78 is 2.16. The van der Waals surface area contributed by atoms with Gasteiger partial charge in [0.2, 0.25) is 0 Å². The summed E-state index contributed by atoms with van der Waals surface area (Å²) in [4.78, 5) is 1.16. The number of thioether (sulfide) groups is 1. The van der Waals surface area contributed by atoms with Crippen molar-refractivity contribution in [2.75, 3.05) is 17.5 Å². The van der Waals surface area contributed by atoms with Crippen LogP contribution >= 0.6 is 46.3 Å². The normalized spacial score (nSPS) is 11.5. The van der Waals surface area contributed by atoms with Crippen molar-refractivity contribution in [3.63, 3.8) is 0 Å². The van der Waals surface area contributed by atoms with Gasteiger partial charge in [0.15, 0.2) is 11.0 Å². The zero-order valence-electron chi connectivity index (χ0n) is 14.0. The number of rotatable bonds is 8. The van der Waals surface area contributed by atoms with E-state index in [2.05, 4.69) is 53.2 Å². The van der Waals surface area contributed by atoms with Gasteiger partial charge in [-0.05, 0) is 24.3 Å². The number of allylic oxidation sites excluding steroid dienone is 2. The Morgan fingerprint density at radius 3 is 2.67 bits per heavy atom. The highest BCUT2D eigenvalue weighted by molar-refractivity contribution is 7.99. The van der Waals surface area contributed by atoms with Crippen LogP contribution in [-0.4, -0.2) is 32.3 Å². The van der Waals surface area contributed by atoms with E-state index in [0.717, 1.165) is 33.7 Å². The lowest BCUT2D eigenvalue weighted by atomic mass is 10.1. The Labute approximate surface area is 162 Å². The van der Waals surface area contributed by atoms with Crippen LogP contribution in [0.4, 0.5) is 0 Å². The van der Waals surface area contributed by atoms with E-state index in [9.17, 15) is 0 Å². The van der Waals surface area contributed by atoms with E-state index in [-0.39, 0.29) is 0 Å². The number of hydrogen-bond acceptors (Lipinski definition) is 4. The Balaban J connectivity index is 0.000000648. The monoisotopic (exact) mass is 403 g/mol. The van der Waals surface area contributed by atoms with Gasteiger partial charge in [-0.1, -0.05) is 43.0 Å². The molecule has 0 fully saturated rings. The Morgan fingerprint density at radius 1 is 1.46 bits per heavy atom. The quantitative estimate of drug-likeness (QED) is 0.309. The summed E-state index contributed by atoms with van der Waals surface area (Å²) in [5, 5.41) is 11.7. The molecule has 0 saturated carbocycles. The lowest BCUT2D eigenvalue weighted by Crippen LogP contribution is -2.05. The predicted octanol–water partition coefficient (Wildman–Crippen LogP) is 5.96. The van der Waals surface area contributed by atoms with Gasteiger partial charge in [0, 0.05) is 24.1 Å². The number of halogens is 2. The van der Waals surface area contributed by atoms with E-state index < -0.39 is 0 Å². The number of alkyl halides is 2. The van der Waals surface area contributed by atoms with E-state index in [1.165, 1.54) is 0 Å². The molecule has 2 heterocycles. The predicted molar refractivity (Wildman–Crippen MR) is 110 cm³/mol. The molecule has 2 rings (SSSR count). The summed E-state index contributed by atoms with van der Waals surface area (Å²) in [7, 11) is 0. The lowest BCUT2D eigenvalue weighted by Gasteiger charge is -2.12. The van der Waals surface area contributed by atoms with Gasteiger partial charge in [0.05, 0.1) is 4.88 Å². The van der Waals surface area contributed by atoms with Crippen LogP contribution in [0.2, 0.25) is 0 Å². The molecule has 3 nitrogen and oxygen atoms in total. The van der Waals surface area contributed by atoms with Gasteiger partial charge in [0.25, 0.3) is 0 Å². The maximum Gasteiger partial charge on any atom is 0.191 e. The molecule has 0 aliphatic rings. The first-order chi connectivity index (χ1) is 11.6. The van der Waals surface area contributed by atoms with Gasteiger partial charge in [-0.2, -0.15) is 0 Å². The first-order valence-corrected chi connectivity index (χ1v) is 10.5. The van der Waals surface area contributed by atoms with Crippen LogP contribution < -0.4 is 0 Å². The summed E-state index contributed by atoms with van der Waals surface area (Å²) >= 11 is 14.3. The summed E-state index contributed by atoms with van der Waals surface area (Å²) in [6, 6.07) is 4.11. The Bertz CT molecular complexity index is 624. The van der Waals surface area contributed by atoms with Crippen LogP contribution in [0.3, 0.4) is 0 Å². The molecule has 0 saturated heterocycles. The van der Waals surface area contributed by atoms with Crippen molar-refractivity contribution >= 4 is 46.3 Å². The molecule has 0 amide bonds. The minimum atomic E-state index is 0.379. The Kier molecular flexibility index (Phi) is 10.4. The maximum absolute atomic E-state index is 5.82. The molecule has 0 aliphatic carbocycles. The third kappa shape index (κ3) is 6.28. The third-order valence-corrected chi connectivity index (χ3v) is 5.87. The van der Waals surface area contributed by atoms with Gasteiger partial charge in [-0.25, -0.2) is 0 Å². The van der Waals surface area contributed by atoms with E-state index in [1.54, 1.807) is 29.2 Å². The summed E-state index contributed by atoms with van der Waals surface area (Å²) in [6.07, 6.45) is 1.64. The number of thiophene rings is 1. The van der Waals surface area contributed by atoms with E-state index >= 15 is 0 Å². The Morgan fingerprint density at radius 2 is 2.17 bits per heavy atom. The molecule has 0 aromatic carbocycles. The minimum absolute atomic E-state index is 0.379. The fourth-order valence-electron chi connectivity index (χ4n) is 1.72. The lowest BCUT2D eigenvalue weighted by molar-refractivity contribution is 0.685. The number of aromatic nitrogens is 3. The topological polar surface area (TPSA) is 30.7 Å². The average Bonchev–Trinajstić information content (AvgIpc) is 3.27. The van der Waals surface area contributed by atoms with Gasteiger partial charge >= 0.3 is 0 Å². The zero-order valence-corrected chi connectivity index (χ0v) is 17.2. The smallest absolute Gasteiger partial charge is 0.191 e. The first-order valence-electron chi connectivity index (χ1n) is 7.59. The highest BCUT2D eigenvalue weighted by Gasteiger charge is 2.15. The SMILES string of the molecule is C=C(CCl)C(C)CSc1nnc(-c2cccs2)n1CC.C=CCCl. The summed E-state index contributed by atoms with van der Waals surface area (Å²) in [5.41, 5.74) is 1.07. The molecule has 2 aromatic rings. The molecule has 0 aliphatic heterocycles. The second-order valence-corrected chi connectivity index (χ2v) is 7.49. The zero-order chi connectivity index (χ0) is 17.9. The average molecular weight is 404 g/mol. The van der Waals surface area contributed by atoms with Gasteiger partial charge in [-0.3, -0.25) is 0 Å². The van der Waals surface area contributed by atoms with Crippen molar-refractivity contribution in [1.82, 2.24) is 14.8 Å². The molecule has 7 heteroatoms. The van der Waals surface area contributed by atoms with Gasteiger partial charge in [0.1, 0.15) is 0 Å². The highest BCUT2D eigenvalue weighted by Crippen LogP contribution is 2.28. The maximum atomic E-state index is 5.82. The van der Waals surface area contributed by atoms with Gasteiger partial charge in [-0.15, -0.1) is 51.3 Å². The second-order valence-electron chi connectivity index (χ2n) is 4.97. The van der Waals surface area contributed by atoms with Crippen LogP contribution in [0, 0.1) is 5.92 Å². The Hall–Kier alpha value is -0.750. The van der Waals surface area contributed by atoms with Gasteiger partial charge < -0.3 is 4.57 Å². The van der Waals surface area contributed by atoms with Crippen molar-refractivity contribution < 1.29 is 0 Å². The van der Waals surface area contributed by atoms with Crippen LogP contribution in [0.5, 0.6) is 0 Å². The van der Waals surface area contributed by atoms with Crippen LogP contribution in [-0.2, 0) is 6.54 Å². The van der Waals surface area contributed by atoms with Crippen LogP contribution in [0.15, 0.2) is 47.5 Å². The molecule has 0 bridgehead atoms. The molecule has 24 heavy (non-hydrogen) atoms. The molecule has 0 spiro atoms. The summed E-state index contributed by atoms with van der Waals surface area (Å²) in [6.45, 7) is 12.5. The molecular formula is C17H23Cl2N3S2. The standard InChI is InChI=1S/C14H18ClN3S2.C3H5Cl/c1-4-18-13(12-6-5-7-19-12)16-17-14(18)20-9-11(3)10(2)8-15;1-2-3-4/h5-7,11H,2,4,8-9H2,1,3H3;2H,1,3H2. The third-order valence-electron chi connectivity index (χ3n) is 3.21. The largest absolute Gasteiger partial charge is 0.302 e. The number of nitrogens with zero attached hydrogens (tertiary/aromatic N) is 3. The van der Waals surface area contributed by atoms with Crippen molar-refractivity contribution in [1.29, 1.82) is 0 Å². The van der Waals surface area contributed by atoms with E-state index in [1.807, 2.05) is 6.07 Å². The van der Waals surface area contributed by atoms with Crippen molar-refractivity contribution in [2.24, 2.45) is 5.92 Å². The summed E-state index contributed by atoms with van der Waals surface area (Å²) in [5.74, 6) is 3.33. The molecule has 2 aromatic heterocycles. The fourth-order valence-corrected chi connectivity index (χ4v) is 3.80. The van der Waals surface area contributed by atoms with Crippen LogP contribution in [0.25, 0.3) is 10.7 Å². The first kappa shape index (κ1) is 21.3. The van der Waals surface area contributed by atoms with E-state index in [4.69, 9.17) is 23.2 Å². The van der Waals surface area contributed by atoms with Crippen molar-refractivity contribution in [2.45, 2.75) is 25.5 Å². The van der Waals surface area contributed by atoms with Crippen LogP contribution in [0.1, 0.15) is 13.8 Å². The molecule has 132 valence electrons. The van der Waals surface area contributed by atoms with E-state index in [0.29, 0.717) is 17.7 Å². The minimum Gasteiger partial charge on any atom is -0.302 e. The molecule has 1 atom stereocenters. The molecule has 1 unspecified atom stereocenters. The highest BCUT2D eigenvalue weighted by atomic mass is 35.5. The molecular weight excluding hydrogens is 381 g/mol.